The Balaban J connectivity index is 1.96. The third-order valence-corrected chi connectivity index (χ3v) is 7.28. The quantitative estimate of drug-likeness (QED) is 0.558. The van der Waals surface area contributed by atoms with Gasteiger partial charge < -0.3 is 5.32 Å². The Kier molecular flexibility index (Phi) is 6.60. The van der Waals surface area contributed by atoms with Crippen LogP contribution in [0, 0.1) is 16.6 Å². The van der Waals surface area contributed by atoms with Gasteiger partial charge in [-0.2, -0.15) is 0 Å². The molecule has 2 N–H and O–H groups in total. The highest BCUT2D eigenvalue weighted by Crippen LogP contribution is 2.18. The monoisotopic (exact) mass is 501 g/mol. The lowest BCUT2D eigenvalue weighted by molar-refractivity contribution is 0.267. The number of benzene rings is 2. The molecule has 1 unspecified atom stereocenters. The fourth-order valence-corrected chi connectivity index (χ4v) is 5.11. The van der Waals surface area contributed by atoms with Gasteiger partial charge in [-0.3, -0.25) is 24.3 Å². The second-order valence-electron chi connectivity index (χ2n) is 8.99. The number of nitrogens with zero attached hydrogens (tertiary/aromatic N) is 3. The Hall–Kier alpha value is -3.04. The van der Waals surface area contributed by atoms with E-state index in [-0.39, 0.29) is 27.7 Å². The molecule has 178 valence electrons. The van der Waals surface area contributed by atoms with Gasteiger partial charge >= 0.3 is 0 Å². The molecule has 0 saturated carbocycles. The van der Waals surface area contributed by atoms with Gasteiger partial charge in [0, 0.05) is 42.0 Å². The highest BCUT2D eigenvalue weighted by molar-refractivity contribution is 7.94. The molecule has 7 nitrogen and oxygen atoms in total. The zero-order chi connectivity index (χ0) is 24.6. The molecule has 1 aromatic heterocycles. The molecular weight excluding hydrogens is 477 g/mol. The molecule has 1 aliphatic rings. The zero-order valence-electron chi connectivity index (χ0n) is 19.1. The van der Waals surface area contributed by atoms with Gasteiger partial charge in [0.1, 0.15) is 32.4 Å². The van der Waals surface area contributed by atoms with Gasteiger partial charge in [-0.05, 0) is 42.0 Å². The zero-order valence-corrected chi connectivity index (χ0v) is 20.6. The second kappa shape index (κ2) is 9.31. The molecule has 0 amide bonds. The summed E-state index contributed by atoms with van der Waals surface area (Å²) in [5.41, 5.74) is 0.512. The first-order valence-electron chi connectivity index (χ1n) is 10.7. The number of hydrogen-bond acceptors (Lipinski definition) is 5. The number of fused-ring (bicyclic) bond motifs is 1. The molecule has 1 aliphatic heterocycles. The second-order valence-corrected chi connectivity index (χ2v) is 10.8. The van der Waals surface area contributed by atoms with Gasteiger partial charge in [-0.25, -0.2) is 8.60 Å². The molecule has 1 atom stereocenters. The van der Waals surface area contributed by atoms with Crippen molar-refractivity contribution in [2.45, 2.75) is 31.8 Å². The van der Waals surface area contributed by atoms with E-state index in [1.807, 2.05) is 26.0 Å². The largest absolute Gasteiger partial charge is 0.373 e. The van der Waals surface area contributed by atoms with Gasteiger partial charge in [-0.1, -0.05) is 37.6 Å². The fraction of sp³-hybridized carbons (Fsp3) is 0.292. The van der Waals surface area contributed by atoms with Crippen molar-refractivity contribution >= 4 is 27.4 Å². The lowest BCUT2D eigenvalue weighted by Crippen LogP contribution is -2.62. The summed E-state index contributed by atoms with van der Waals surface area (Å²) >= 11 is 5.98. The highest BCUT2D eigenvalue weighted by atomic mass is 35.5. The Morgan fingerprint density at radius 1 is 1.21 bits per heavy atom. The van der Waals surface area contributed by atoms with Crippen LogP contribution in [0.1, 0.15) is 19.4 Å². The lowest BCUT2D eigenvalue weighted by Gasteiger charge is -2.28. The van der Waals surface area contributed by atoms with Crippen LogP contribution in [-0.2, 0) is 30.9 Å². The van der Waals surface area contributed by atoms with E-state index in [4.69, 9.17) is 17.0 Å². The standard InChI is InChI=1S/C24H25ClFN5O2S/c1-24(2)13-29-23-30(3)22(32)19(20(27)31(23)14-24)21(28-12-15-4-6-16(25)7-5-15)34(33)18-10-8-17(26)9-11-18/h4-11,27-28H,12-14H2,1-3H3/b21-19-,27-20?. The molecule has 0 spiro atoms. The first kappa shape index (κ1) is 24.1. The van der Waals surface area contributed by atoms with E-state index in [0.717, 1.165) is 5.56 Å². The molecule has 34 heavy (non-hydrogen) atoms. The number of rotatable bonds is 5. The normalized spacial score (nSPS) is 16.3. The topological polar surface area (TPSA) is 92.2 Å². The fourth-order valence-electron chi connectivity index (χ4n) is 3.79. The van der Waals surface area contributed by atoms with Crippen molar-refractivity contribution in [1.82, 2.24) is 14.5 Å². The third kappa shape index (κ3) is 4.76. The van der Waals surface area contributed by atoms with Crippen LogP contribution in [-0.4, -0.2) is 19.9 Å². The summed E-state index contributed by atoms with van der Waals surface area (Å²) in [6.07, 6.45) is 0. The molecule has 0 bridgehead atoms. The maximum atomic E-state index is 13.6. The molecule has 0 radical (unpaired) electrons. The van der Waals surface area contributed by atoms with Crippen LogP contribution in [0.3, 0.4) is 0 Å². The maximum Gasteiger partial charge on any atom is 0.266 e. The van der Waals surface area contributed by atoms with Crippen molar-refractivity contribution in [2.24, 2.45) is 17.5 Å². The van der Waals surface area contributed by atoms with E-state index >= 15 is 0 Å². The number of hydrogen-bond donors (Lipinski definition) is 2. The van der Waals surface area contributed by atoms with E-state index in [1.165, 1.54) is 28.8 Å². The van der Waals surface area contributed by atoms with Crippen molar-refractivity contribution in [3.05, 3.63) is 91.6 Å². The van der Waals surface area contributed by atoms with E-state index in [1.54, 1.807) is 23.7 Å². The predicted molar refractivity (Wildman–Crippen MR) is 129 cm³/mol. The minimum absolute atomic E-state index is 0.00391. The molecule has 10 heteroatoms. The molecule has 0 aliphatic carbocycles. The first-order valence-corrected chi connectivity index (χ1v) is 12.2. The van der Waals surface area contributed by atoms with Crippen molar-refractivity contribution < 1.29 is 8.60 Å². The van der Waals surface area contributed by atoms with Gasteiger partial charge in [0.25, 0.3) is 5.56 Å². The molecule has 4 rings (SSSR count). The van der Waals surface area contributed by atoms with Gasteiger partial charge in [-0.15, -0.1) is 0 Å². The highest BCUT2D eigenvalue weighted by Gasteiger charge is 2.25. The molecule has 2 heterocycles. The minimum Gasteiger partial charge on any atom is -0.373 e. The van der Waals surface area contributed by atoms with Crippen LogP contribution >= 0.6 is 11.6 Å². The summed E-state index contributed by atoms with van der Waals surface area (Å²) in [7, 11) is -0.278. The predicted octanol–water partition coefficient (Wildman–Crippen LogP) is 1.78. The molecular formula is C24H25ClFN5O2S. The maximum absolute atomic E-state index is 13.6. The third-order valence-electron chi connectivity index (χ3n) is 5.61. The van der Waals surface area contributed by atoms with Crippen LogP contribution < -0.4 is 27.2 Å². The van der Waals surface area contributed by atoms with E-state index in [0.29, 0.717) is 28.6 Å². The number of halogens is 2. The average Bonchev–Trinajstić information content (AvgIpc) is 2.80. The summed E-state index contributed by atoms with van der Waals surface area (Å²) < 4.78 is 30.2. The Labute approximate surface area is 203 Å². The van der Waals surface area contributed by atoms with Crippen LogP contribution in [0.5, 0.6) is 0 Å². The Bertz CT molecular complexity index is 1510. The molecule has 0 fully saturated rings. The van der Waals surface area contributed by atoms with Gasteiger partial charge in [0.2, 0.25) is 5.62 Å². The van der Waals surface area contributed by atoms with Crippen LogP contribution in [0.2, 0.25) is 5.02 Å². The van der Waals surface area contributed by atoms with Gasteiger partial charge in [0.05, 0.1) is 0 Å². The average molecular weight is 502 g/mol. The Morgan fingerprint density at radius 2 is 1.85 bits per heavy atom. The summed E-state index contributed by atoms with van der Waals surface area (Å²) in [6.45, 7) is 5.35. The minimum atomic E-state index is -1.87. The first-order chi connectivity index (χ1) is 16.1. The van der Waals surface area contributed by atoms with Crippen molar-refractivity contribution in [3.63, 3.8) is 0 Å². The summed E-state index contributed by atoms with van der Waals surface area (Å²) in [5, 5.41) is 12.7. The van der Waals surface area contributed by atoms with Crippen LogP contribution in [0.4, 0.5) is 4.39 Å². The SMILES string of the molecule is Cn1c(=O)/c(=C(/NCc2ccc(Cl)cc2)S(=O)c2ccc(F)cc2)c(=N)n2c1=NCC(C)(C)C2. The lowest BCUT2D eigenvalue weighted by atomic mass is 9.93. The van der Waals surface area contributed by atoms with Gasteiger partial charge in [0.15, 0.2) is 0 Å². The van der Waals surface area contributed by atoms with Crippen molar-refractivity contribution in [2.75, 3.05) is 6.54 Å². The van der Waals surface area contributed by atoms with Crippen molar-refractivity contribution in [1.29, 1.82) is 5.41 Å². The van der Waals surface area contributed by atoms with E-state index < -0.39 is 22.2 Å². The molecule has 2 aromatic carbocycles. The Morgan fingerprint density at radius 3 is 2.50 bits per heavy atom. The van der Waals surface area contributed by atoms with Crippen LogP contribution in [0.15, 0.2) is 63.2 Å². The summed E-state index contributed by atoms with van der Waals surface area (Å²) in [5.74, 6) is -0.457. The summed E-state index contributed by atoms with van der Waals surface area (Å²) in [6, 6.07) is 12.4. The molecule has 3 aromatic rings. The molecule has 0 saturated heterocycles. The smallest absolute Gasteiger partial charge is 0.266 e. The van der Waals surface area contributed by atoms with Crippen LogP contribution in [0.25, 0.3) is 5.03 Å². The number of aromatic nitrogens is 2. The van der Waals surface area contributed by atoms with Crippen molar-refractivity contribution in [3.8, 4) is 0 Å². The van der Waals surface area contributed by atoms with E-state index in [2.05, 4.69) is 10.3 Å². The summed E-state index contributed by atoms with van der Waals surface area (Å²) in [4.78, 5) is 18.2. The van der Waals surface area contributed by atoms with E-state index in [9.17, 15) is 13.4 Å². The number of nitrogens with one attached hydrogen (secondary N) is 2.